The van der Waals surface area contributed by atoms with Gasteiger partial charge in [-0.05, 0) is 18.9 Å². The van der Waals surface area contributed by atoms with E-state index in [4.69, 9.17) is 0 Å². The molecule has 8 heteroatoms. The summed E-state index contributed by atoms with van der Waals surface area (Å²) >= 11 is 1.85. The molecule has 0 unspecified atom stereocenters. The fourth-order valence-electron chi connectivity index (χ4n) is 3.02. The first-order chi connectivity index (χ1) is 10.7. The predicted molar refractivity (Wildman–Crippen MR) is 85.2 cm³/mol. The molecule has 2 saturated heterocycles. The van der Waals surface area contributed by atoms with Gasteiger partial charge in [-0.3, -0.25) is 14.9 Å². The van der Waals surface area contributed by atoms with Crippen LogP contribution in [-0.4, -0.2) is 57.9 Å². The number of hydrogen-bond donors (Lipinski definition) is 0. The molecule has 22 heavy (non-hydrogen) atoms. The molecule has 1 amide bonds. The summed E-state index contributed by atoms with van der Waals surface area (Å²) in [4.78, 5) is 31.4. The number of rotatable bonds is 3. The zero-order valence-corrected chi connectivity index (χ0v) is 13.0. The summed E-state index contributed by atoms with van der Waals surface area (Å²) in [5.74, 6) is 2.32. The van der Waals surface area contributed by atoms with Crippen LogP contribution in [0.25, 0.3) is 0 Å². The van der Waals surface area contributed by atoms with Crippen molar-refractivity contribution in [3.63, 3.8) is 0 Å². The highest BCUT2D eigenvalue weighted by Crippen LogP contribution is 2.32. The van der Waals surface area contributed by atoms with E-state index < -0.39 is 4.92 Å². The third-order valence-corrected chi connectivity index (χ3v) is 5.04. The van der Waals surface area contributed by atoms with Crippen LogP contribution in [0.3, 0.4) is 0 Å². The van der Waals surface area contributed by atoms with Crippen LogP contribution in [0.1, 0.15) is 12.8 Å². The van der Waals surface area contributed by atoms with Crippen LogP contribution in [0, 0.1) is 10.1 Å². The van der Waals surface area contributed by atoms with Gasteiger partial charge in [0.15, 0.2) is 0 Å². The highest BCUT2D eigenvalue weighted by Gasteiger charge is 2.37. The lowest BCUT2D eigenvalue weighted by atomic mass is 10.2. The van der Waals surface area contributed by atoms with Crippen molar-refractivity contribution in [2.75, 3.05) is 36.0 Å². The molecule has 0 spiro atoms. The number of carbonyl (C=O) groups is 1. The van der Waals surface area contributed by atoms with Crippen molar-refractivity contribution in [3.8, 4) is 0 Å². The van der Waals surface area contributed by atoms with Crippen molar-refractivity contribution >= 4 is 29.2 Å². The first kappa shape index (κ1) is 15.1. The van der Waals surface area contributed by atoms with E-state index in [0.29, 0.717) is 12.4 Å². The van der Waals surface area contributed by atoms with Gasteiger partial charge in [0.1, 0.15) is 6.04 Å². The maximum atomic E-state index is 12.7. The molecule has 3 rings (SSSR count). The number of anilines is 1. The van der Waals surface area contributed by atoms with E-state index >= 15 is 0 Å². The fourth-order valence-corrected chi connectivity index (χ4v) is 3.93. The molecule has 1 atom stereocenters. The smallest absolute Gasteiger partial charge is 0.311 e. The van der Waals surface area contributed by atoms with Gasteiger partial charge in [0.05, 0.1) is 4.92 Å². The third-order valence-electron chi connectivity index (χ3n) is 4.10. The van der Waals surface area contributed by atoms with Gasteiger partial charge in [-0.25, -0.2) is 4.98 Å². The molecule has 0 bridgehead atoms. The largest absolute Gasteiger partial charge is 0.339 e. The van der Waals surface area contributed by atoms with Gasteiger partial charge in [-0.1, -0.05) is 0 Å². The number of carbonyl (C=O) groups excluding carboxylic acids is 1. The fraction of sp³-hybridized carbons (Fsp3) is 0.571. The van der Waals surface area contributed by atoms with Crippen molar-refractivity contribution in [1.82, 2.24) is 9.88 Å². The number of amides is 1. The van der Waals surface area contributed by atoms with E-state index in [1.54, 1.807) is 12.3 Å². The van der Waals surface area contributed by atoms with Crippen LogP contribution in [0.5, 0.6) is 0 Å². The number of nitro groups is 1. The van der Waals surface area contributed by atoms with Gasteiger partial charge in [-0.15, -0.1) is 0 Å². The van der Waals surface area contributed by atoms with Crippen molar-refractivity contribution in [1.29, 1.82) is 0 Å². The zero-order chi connectivity index (χ0) is 15.5. The molecule has 118 valence electrons. The lowest BCUT2D eigenvalue weighted by Gasteiger charge is -2.32. The van der Waals surface area contributed by atoms with Crippen LogP contribution >= 0.6 is 11.8 Å². The minimum Gasteiger partial charge on any atom is -0.339 e. The molecule has 0 radical (unpaired) electrons. The molecule has 2 fully saturated rings. The van der Waals surface area contributed by atoms with E-state index in [1.165, 1.54) is 6.07 Å². The van der Waals surface area contributed by atoms with Crippen LogP contribution in [0.2, 0.25) is 0 Å². The SMILES string of the molecule is O=C([C@H]1CCCN1c1ncccc1[N+](=O)[O-])N1CCSCC1. The second-order valence-electron chi connectivity index (χ2n) is 5.39. The summed E-state index contributed by atoms with van der Waals surface area (Å²) in [7, 11) is 0. The molecule has 3 heterocycles. The molecule has 7 nitrogen and oxygen atoms in total. The zero-order valence-electron chi connectivity index (χ0n) is 12.2. The average molecular weight is 322 g/mol. The first-order valence-electron chi connectivity index (χ1n) is 7.41. The van der Waals surface area contributed by atoms with Crippen LogP contribution in [0.4, 0.5) is 11.5 Å². The monoisotopic (exact) mass is 322 g/mol. The lowest BCUT2D eigenvalue weighted by Crippen LogP contribution is -2.48. The number of nitrogens with zero attached hydrogens (tertiary/aromatic N) is 4. The summed E-state index contributed by atoms with van der Waals surface area (Å²) < 4.78 is 0. The first-order valence-corrected chi connectivity index (χ1v) is 8.56. The summed E-state index contributed by atoms with van der Waals surface area (Å²) in [6.07, 6.45) is 3.13. The second kappa shape index (κ2) is 6.51. The van der Waals surface area contributed by atoms with E-state index in [-0.39, 0.29) is 17.6 Å². The van der Waals surface area contributed by atoms with Crippen LogP contribution in [0.15, 0.2) is 18.3 Å². The number of hydrogen-bond acceptors (Lipinski definition) is 6. The normalized spacial score (nSPS) is 21.9. The van der Waals surface area contributed by atoms with Gasteiger partial charge < -0.3 is 9.80 Å². The van der Waals surface area contributed by atoms with Crippen LogP contribution < -0.4 is 4.90 Å². The molecular weight excluding hydrogens is 304 g/mol. The highest BCUT2D eigenvalue weighted by atomic mass is 32.2. The molecule has 1 aromatic rings. The lowest BCUT2D eigenvalue weighted by molar-refractivity contribution is -0.384. The van der Waals surface area contributed by atoms with E-state index in [2.05, 4.69) is 4.98 Å². The molecule has 0 aromatic carbocycles. The van der Waals surface area contributed by atoms with Crippen molar-refractivity contribution < 1.29 is 9.72 Å². The molecule has 0 saturated carbocycles. The second-order valence-corrected chi connectivity index (χ2v) is 6.62. The maximum Gasteiger partial charge on any atom is 0.311 e. The topological polar surface area (TPSA) is 79.6 Å². The summed E-state index contributed by atoms with van der Waals surface area (Å²) in [5, 5.41) is 11.2. The third kappa shape index (κ3) is 2.87. The summed E-state index contributed by atoms with van der Waals surface area (Å²) in [5.41, 5.74) is -0.0311. The van der Waals surface area contributed by atoms with Crippen molar-refractivity contribution in [3.05, 3.63) is 28.4 Å². The standard InChI is InChI=1S/C14H18N4O3S/c19-14(16-7-9-22-10-8-16)12-4-2-6-17(12)13-11(18(20)21)3-1-5-15-13/h1,3,5,12H,2,4,6-10H2/t12-/m1/s1. The van der Waals surface area contributed by atoms with E-state index in [0.717, 1.165) is 37.4 Å². The Labute approximate surface area is 132 Å². The molecule has 2 aliphatic rings. The highest BCUT2D eigenvalue weighted by molar-refractivity contribution is 7.99. The van der Waals surface area contributed by atoms with Gasteiger partial charge in [0.25, 0.3) is 0 Å². The molecule has 0 N–H and O–H groups in total. The minimum absolute atomic E-state index is 0.0311. The predicted octanol–water partition coefficient (Wildman–Crippen LogP) is 1.53. The number of aromatic nitrogens is 1. The minimum atomic E-state index is -0.431. The number of thioether (sulfide) groups is 1. The molecule has 2 aliphatic heterocycles. The summed E-state index contributed by atoms with van der Waals surface area (Å²) in [6, 6.07) is 2.67. The van der Waals surface area contributed by atoms with E-state index in [9.17, 15) is 14.9 Å². The molecule has 0 aliphatic carbocycles. The van der Waals surface area contributed by atoms with Crippen molar-refractivity contribution in [2.45, 2.75) is 18.9 Å². The van der Waals surface area contributed by atoms with E-state index in [1.807, 2.05) is 21.6 Å². The Morgan fingerprint density at radius 2 is 2.14 bits per heavy atom. The Hall–Kier alpha value is -1.83. The van der Waals surface area contributed by atoms with Gasteiger partial charge in [-0.2, -0.15) is 11.8 Å². The van der Waals surface area contributed by atoms with Crippen molar-refractivity contribution in [2.24, 2.45) is 0 Å². The summed E-state index contributed by atoms with van der Waals surface area (Å²) in [6.45, 7) is 2.16. The Bertz CT molecular complexity index is 577. The molecule has 1 aromatic heterocycles. The Kier molecular flexibility index (Phi) is 4.47. The van der Waals surface area contributed by atoms with Gasteiger partial charge >= 0.3 is 5.69 Å². The average Bonchev–Trinajstić information content (AvgIpc) is 3.04. The van der Waals surface area contributed by atoms with Crippen LogP contribution in [-0.2, 0) is 4.79 Å². The quantitative estimate of drug-likeness (QED) is 0.620. The Morgan fingerprint density at radius 3 is 2.86 bits per heavy atom. The number of pyridine rings is 1. The molecular formula is C14H18N4O3S. The Morgan fingerprint density at radius 1 is 1.36 bits per heavy atom. The van der Waals surface area contributed by atoms with Gasteiger partial charge in [0, 0.05) is 43.4 Å². The maximum absolute atomic E-state index is 12.7. The Balaban J connectivity index is 1.84. The van der Waals surface area contributed by atoms with Gasteiger partial charge in [0.2, 0.25) is 11.7 Å².